The van der Waals surface area contributed by atoms with Crippen molar-refractivity contribution >= 4 is 54.9 Å². The van der Waals surface area contributed by atoms with Crippen LogP contribution in [0.5, 0.6) is 57.5 Å². The molecule has 2 heterocycles. The number of rotatable bonds is 16. The number of nitrogens with zero attached hydrogens (tertiary/aromatic N) is 2. The van der Waals surface area contributed by atoms with Gasteiger partial charge in [0.25, 0.3) is 0 Å². The third-order valence-electron chi connectivity index (χ3n) is 20.0. The van der Waals surface area contributed by atoms with Crippen molar-refractivity contribution in [1.82, 2.24) is 9.97 Å². The Morgan fingerprint density at radius 2 is 0.583 bits per heavy atom. The molecule has 0 saturated carbocycles. The molecule has 506 valence electrons. The molecule has 2 aliphatic carbocycles. The molecule has 17 rings (SSSR count). The lowest BCUT2D eigenvalue weighted by atomic mass is 9.67. The minimum atomic E-state index is -0.786. The van der Waals surface area contributed by atoms with Crippen molar-refractivity contribution in [3.05, 3.63) is 311 Å². The second-order valence-corrected chi connectivity index (χ2v) is 29.3. The molecule has 10 nitrogen and oxygen atoms in total. The van der Waals surface area contributed by atoms with Crippen molar-refractivity contribution in [3.63, 3.8) is 0 Å². The van der Waals surface area contributed by atoms with E-state index < -0.39 is 22.0 Å². The molecule has 2 aromatic heterocycles. The van der Waals surface area contributed by atoms with E-state index in [9.17, 15) is 0 Å². The zero-order chi connectivity index (χ0) is 70.5. The highest BCUT2D eigenvalue weighted by Crippen LogP contribution is 2.63. The van der Waals surface area contributed by atoms with E-state index >= 15 is 0 Å². The second kappa shape index (κ2) is 25.0. The molecule has 0 N–H and O–H groups in total. The summed E-state index contributed by atoms with van der Waals surface area (Å²) in [5, 5.41) is 3.65. The molecule has 0 bridgehead atoms. The van der Waals surface area contributed by atoms with E-state index in [1.165, 1.54) is 0 Å². The van der Waals surface area contributed by atoms with E-state index in [1.54, 1.807) is 39.8 Å². The molecule has 0 fully saturated rings. The zero-order valence-corrected chi connectivity index (χ0v) is 59.8. The largest absolute Gasteiger partial charge is 0.497 e. The van der Waals surface area contributed by atoms with Crippen molar-refractivity contribution in [1.29, 1.82) is 0 Å². The number of hydrogen-bond acceptors (Lipinski definition) is 11. The molecule has 13 aromatic carbocycles. The molecular formula is C92H74N2O8S. The third kappa shape index (κ3) is 10.7. The Bertz CT molecular complexity index is 5380. The average Bonchev–Trinajstić information content (AvgIpc) is 1.54. The summed E-state index contributed by atoms with van der Waals surface area (Å²) in [5.41, 5.74) is 15.8. The Kier molecular flexibility index (Phi) is 15.6. The normalized spacial score (nSPS) is 13.3. The monoisotopic (exact) mass is 1370 g/mol. The van der Waals surface area contributed by atoms with E-state index in [1.807, 2.05) is 102 Å². The van der Waals surface area contributed by atoms with Crippen LogP contribution in [0, 0.1) is 0 Å². The number of benzene rings is 13. The summed E-state index contributed by atoms with van der Waals surface area (Å²) in [6, 6.07) is 93.8. The van der Waals surface area contributed by atoms with Gasteiger partial charge in [-0.25, -0.2) is 9.97 Å². The molecule has 0 aliphatic heterocycles. The molecule has 0 atom stereocenters. The molecule has 0 unspecified atom stereocenters. The number of ether oxygens (including phenoxy) is 8. The molecule has 0 radical (unpaired) electrons. The van der Waals surface area contributed by atoms with Crippen LogP contribution in [0.2, 0.25) is 0 Å². The zero-order valence-electron chi connectivity index (χ0n) is 59.0. The first-order valence-electron chi connectivity index (χ1n) is 34.7. The molecule has 0 saturated heterocycles. The highest BCUT2D eigenvalue weighted by molar-refractivity contribution is 7.21. The fraction of sp³-hybridized carbons (Fsp3) is 0.152. The molecular weight excluding hydrogens is 1290 g/mol. The van der Waals surface area contributed by atoms with Crippen LogP contribution in [-0.2, 0) is 10.8 Å². The second-order valence-electron chi connectivity index (χ2n) is 28.3. The van der Waals surface area contributed by atoms with Gasteiger partial charge in [-0.2, -0.15) is 0 Å². The Morgan fingerprint density at radius 1 is 0.282 bits per heavy atom. The summed E-state index contributed by atoms with van der Waals surface area (Å²) in [4.78, 5) is 14.3. The fourth-order valence-electron chi connectivity index (χ4n) is 15.9. The lowest BCUT2D eigenvalue weighted by Gasteiger charge is -2.34. The molecule has 11 heteroatoms. The van der Waals surface area contributed by atoms with Gasteiger partial charge in [-0.05, 0) is 228 Å². The smallest absolute Gasteiger partial charge is 0.169 e. The summed E-state index contributed by atoms with van der Waals surface area (Å²) in [5.74, 6) is 6.78. The lowest BCUT2D eigenvalue weighted by molar-refractivity contribution is 0.126. The first kappa shape index (κ1) is 64.5. The number of aromatic nitrogens is 2. The van der Waals surface area contributed by atoms with Gasteiger partial charge >= 0.3 is 0 Å². The standard InChI is InChI=1S/C92H74N2O8S/c1-89(2,3)101-79-31-17-15-29-77(79)99-63-49-51-65-66-52-50-64(100-78-30-16-18-32-80(78)102-90(4,5)6)54-72(66)84-83(71(65)53-63)93-85-86(94-84)88(70-24-20-28-76-82(70)68-22-12-14-26-74(68)92(76,57-37-45-61(97-9)46-38-57)58-39-47-62(98-10)48-40-58)103-87(85)69-23-19-27-75-81(69)67-21-11-13-25-73(67)91(75,55-33-41-59(95-7)42-34-55)56-35-43-60(96-8)44-36-56/h11-54H,1-10H3. The van der Waals surface area contributed by atoms with E-state index in [4.69, 9.17) is 47.9 Å². The van der Waals surface area contributed by atoms with Gasteiger partial charge in [0.05, 0.1) is 60.1 Å². The van der Waals surface area contributed by atoms with Crippen LogP contribution in [0.3, 0.4) is 0 Å². The van der Waals surface area contributed by atoms with Crippen LogP contribution in [0.25, 0.3) is 86.7 Å². The van der Waals surface area contributed by atoms with E-state index in [0.717, 1.165) is 143 Å². The van der Waals surface area contributed by atoms with Crippen molar-refractivity contribution in [2.24, 2.45) is 0 Å². The van der Waals surface area contributed by atoms with Crippen LogP contribution in [0.4, 0.5) is 0 Å². The Hall–Kier alpha value is -11.9. The third-order valence-corrected chi connectivity index (χ3v) is 21.3. The minimum absolute atomic E-state index is 0.479. The van der Waals surface area contributed by atoms with Gasteiger partial charge in [0, 0.05) is 21.9 Å². The number of thiophene rings is 1. The van der Waals surface area contributed by atoms with Gasteiger partial charge in [-0.15, -0.1) is 11.3 Å². The SMILES string of the molecule is COc1ccc(C2(c3ccc(OC)cc3)c3ccccc3-c3c(-c4sc(-c5cccc6c5-c5ccccc5C6(c5ccc(OC)cc5)c5ccc(OC)cc5)c5nc6c7cc(Oc8ccccc8OC(C)(C)C)ccc7c7ccc(Oc8ccccc8OC(C)(C)C)cc7c6nc45)cccc32)cc1. The van der Waals surface area contributed by atoms with Crippen LogP contribution < -0.4 is 37.9 Å². The molecule has 0 spiro atoms. The first-order valence-corrected chi connectivity index (χ1v) is 35.5. The number of para-hydroxylation sites is 4. The molecule has 103 heavy (non-hydrogen) atoms. The van der Waals surface area contributed by atoms with Gasteiger partial charge in [0.1, 0.15) is 56.7 Å². The Morgan fingerprint density at radius 3 is 0.922 bits per heavy atom. The summed E-state index contributed by atoms with van der Waals surface area (Å²) in [6.07, 6.45) is 0. The van der Waals surface area contributed by atoms with Crippen molar-refractivity contribution in [3.8, 4) is 101 Å². The van der Waals surface area contributed by atoms with E-state index in [-0.39, 0.29) is 0 Å². The predicted molar refractivity (Wildman–Crippen MR) is 415 cm³/mol. The van der Waals surface area contributed by atoms with E-state index in [0.29, 0.717) is 45.5 Å². The van der Waals surface area contributed by atoms with Crippen LogP contribution in [0.1, 0.15) is 86.1 Å². The van der Waals surface area contributed by atoms with Gasteiger partial charge in [0.15, 0.2) is 23.0 Å². The highest BCUT2D eigenvalue weighted by atomic mass is 32.1. The average molecular weight is 1370 g/mol. The molecule has 0 amide bonds. The quantitative estimate of drug-likeness (QED) is 0.0870. The molecule has 2 aliphatic rings. The lowest BCUT2D eigenvalue weighted by Crippen LogP contribution is -2.28. The summed E-state index contributed by atoms with van der Waals surface area (Å²) in [7, 11) is 6.86. The number of fused-ring (bicyclic) bond motifs is 13. The van der Waals surface area contributed by atoms with Gasteiger partial charge in [0.2, 0.25) is 0 Å². The number of hydrogen-bond donors (Lipinski definition) is 0. The van der Waals surface area contributed by atoms with Crippen molar-refractivity contribution < 1.29 is 37.9 Å². The van der Waals surface area contributed by atoms with Gasteiger partial charge in [-0.3, -0.25) is 0 Å². The summed E-state index contributed by atoms with van der Waals surface area (Å²) in [6.45, 7) is 12.2. The fourth-order valence-corrected chi connectivity index (χ4v) is 17.1. The van der Waals surface area contributed by atoms with Crippen molar-refractivity contribution in [2.75, 3.05) is 28.4 Å². The van der Waals surface area contributed by atoms with E-state index in [2.05, 4.69) is 206 Å². The highest BCUT2D eigenvalue weighted by Gasteiger charge is 2.49. The summed E-state index contributed by atoms with van der Waals surface area (Å²) >= 11 is 1.74. The number of methoxy groups -OCH3 is 4. The van der Waals surface area contributed by atoms with Crippen LogP contribution >= 0.6 is 11.3 Å². The molecule has 15 aromatic rings. The summed E-state index contributed by atoms with van der Waals surface area (Å²) < 4.78 is 50.3. The maximum absolute atomic E-state index is 6.95. The van der Waals surface area contributed by atoms with Crippen LogP contribution in [0.15, 0.2) is 267 Å². The van der Waals surface area contributed by atoms with Gasteiger partial charge in [-0.1, -0.05) is 158 Å². The Balaban J connectivity index is 0.992. The first-order chi connectivity index (χ1) is 50.1. The van der Waals surface area contributed by atoms with Gasteiger partial charge < -0.3 is 37.9 Å². The minimum Gasteiger partial charge on any atom is -0.497 e. The predicted octanol–water partition coefficient (Wildman–Crippen LogP) is 23.2. The van der Waals surface area contributed by atoms with Crippen molar-refractivity contribution in [2.45, 2.75) is 63.6 Å². The maximum atomic E-state index is 6.95. The maximum Gasteiger partial charge on any atom is 0.169 e. The topological polar surface area (TPSA) is 99.6 Å². The Labute approximate surface area is 603 Å². The van der Waals surface area contributed by atoms with Crippen LogP contribution in [-0.4, -0.2) is 49.6 Å².